The van der Waals surface area contributed by atoms with Gasteiger partial charge in [-0.15, -0.1) is 0 Å². The highest BCUT2D eigenvalue weighted by molar-refractivity contribution is 9.11. The average Bonchev–Trinajstić information content (AvgIpc) is 3.06. The quantitative estimate of drug-likeness (QED) is 0.339. The molecule has 0 spiro atoms. The molecule has 0 aliphatic rings. The third-order valence-electron chi connectivity index (χ3n) is 3.47. The number of benzene rings is 2. The topological polar surface area (TPSA) is 80.9 Å². The van der Waals surface area contributed by atoms with Gasteiger partial charge < -0.3 is 9.15 Å². The number of amides is 1. The zero-order valence-electron chi connectivity index (χ0n) is 13.5. The van der Waals surface area contributed by atoms with Gasteiger partial charge in [-0.3, -0.25) is 4.79 Å². The van der Waals surface area contributed by atoms with E-state index in [9.17, 15) is 9.59 Å². The second-order valence-electron chi connectivity index (χ2n) is 5.23. The predicted octanol–water partition coefficient (Wildman–Crippen LogP) is 4.51. The third kappa shape index (κ3) is 4.03. The number of furan rings is 1. The van der Waals surface area contributed by atoms with Crippen LogP contribution in [0.3, 0.4) is 0 Å². The van der Waals surface area contributed by atoms with E-state index in [-0.39, 0.29) is 5.76 Å². The number of methoxy groups -OCH3 is 1. The number of hydrazone groups is 1. The summed E-state index contributed by atoms with van der Waals surface area (Å²) in [6.45, 7) is 0. The molecule has 26 heavy (non-hydrogen) atoms. The number of carbonyl (C=O) groups excluding carboxylic acids is 2. The minimum absolute atomic E-state index is 0.150. The highest BCUT2D eigenvalue weighted by Gasteiger charge is 2.14. The first-order chi connectivity index (χ1) is 12.5. The van der Waals surface area contributed by atoms with Gasteiger partial charge in [-0.05, 0) is 51.8 Å². The van der Waals surface area contributed by atoms with Crippen molar-refractivity contribution in [1.29, 1.82) is 0 Å². The van der Waals surface area contributed by atoms with E-state index in [1.54, 1.807) is 30.3 Å². The number of nitrogens with one attached hydrogen (secondary N) is 1. The lowest BCUT2D eigenvalue weighted by atomic mass is 10.1. The number of ether oxygens (including phenoxy) is 1. The van der Waals surface area contributed by atoms with Gasteiger partial charge in [0.2, 0.25) is 0 Å². The van der Waals surface area contributed by atoms with Gasteiger partial charge in [-0.25, -0.2) is 10.2 Å². The summed E-state index contributed by atoms with van der Waals surface area (Å²) in [5, 5.41) is 4.69. The molecule has 0 saturated carbocycles. The molecule has 0 saturated heterocycles. The Balaban J connectivity index is 1.69. The van der Waals surface area contributed by atoms with Gasteiger partial charge in [0.25, 0.3) is 0 Å². The van der Waals surface area contributed by atoms with Crippen molar-refractivity contribution in [2.45, 2.75) is 0 Å². The van der Waals surface area contributed by atoms with Crippen LogP contribution in [0.5, 0.6) is 0 Å². The van der Waals surface area contributed by atoms with Crippen molar-refractivity contribution in [1.82, 2.24) is 5.43 Å². The van der Waals surface area contributed by atoms with E-state index in [0.29, 0.717) is 16.7 Å². The number of fused-ring (bicyclic) bond motifs is 1. The number of hydrogen-bond acceptors (Lipinski definition) is 5. The van der Waals surface area contributed by atoms with Crippen molar-refractivity contribution in [3.8, 4) is 0 Å². The Morgan fingerprint density at radius 2 is 1.88 bits per heavy atom. The molecule has 0 atom stereocenters. The van der Waals surface area contributed by atoms with Crippen LogP contribution in [0.25, 0.3) is 11.0 Å². The number of hydrogen-bond donors (Lipinski definition) is 1. The Bertz CT molecular complexity index is 1010. The van der Waals surface area contributed by atoms with Crippen LogP contribution in [-0.4, -0.2) is 25.2 Å². The maximum Gasteiger partial charge on any atom is 0.337 e. The Kier molecular flexibility index (Phi) is 5.53. The van der Waals surface area contributed by atoms with Crippen molar-refractivity contribution in [2.24, 2.45) is 5.10 Å². The van der Waals surface area contributed by atoms with Gasteiger partial charge in [0.05, 0.1) is 23.4 Å². The van der Waals surface area contributed by atoms with E-state index in [4.69, 9.17) is 4.42 Å². The molecular weight excluding hydrogens is 468 g/mol. The normalized spacial score (nSPS) is 11.0. The number of carbonyl (C=O) groups is 2. The van der Waals surface area contributed by atoms with E-state index in [2.05, 4.69) is 47.1 Å². The van der Waals surface area contributed by atoms with Crippen LogP contribution in [-0.2, 0) is 4.74 Å². The van der Waals surface area contributed by atoms with Crippen molar-refractivity contribution in [3.05, 3.63) is 68.3 Å². The first kappa shape index (κ1) is 18.3. The molecular formula is C18H12Br2N2O4. The van der Waals surface area contributed by atoms with Crippen LogP contribution in [0, 0.1) is 0 Å². The van der Waals surface area contributed by atoms with Crippen molar-refractivity contribution >= 4 is 60.9 Å². The molecule has 3 rings (SSSR count). The molecule has 8 heteroatoms. The fraction of sp³-hybridized carbons (Fsp3) is 0.0556. The summed E-state index contributed by atoms with van der Waals surface area (Å²) in [4.78, 5) is 23.6. The molecule has 3 aromatic rings. The molecule has 0 aliphatic carbocycles. The molecule has 132 valence electrons. The first-order valence-electron chi connectivity index (χ1n) is 7.38. The maximum atomic E-state index is 12.2. The third-order valence-corrected chi connectivity index (χ3v) is 4.52. The minimum Gasteiger partial charge on any atom is -0.465 e. The minimum atomic E-state index is -0.466. The van der Waals surface area contributed by atoms with Gasteiger partial charge in [-0.2, -0.15) is 5.10 Å². The molecule has 6 nitrogen and oxygen atoms in total. The molecule has 0 radical (unpaired) electrons. The van der Waals surface area contributed by atoms with Crippen molar-refractivity contribution in [2.75, 3.05) is 7.11 Å². The summed E-state index contributed by atoms with van der Waals surface area (Å²) < 4.78 is 11.8. The second-order valence-corrected chi connectivity index (χ2v) is 7.00. The van der Waals surface area contributed by atoms with E-state index in [0.717, 1.165) is 14.3 Å². The van der Waals surface area contributed by atoms with Crippen LogP contribution in [0.2, 0.25) is 0 Å². The van der Waals surface area contributed by atoms with E-state index < -0.39 is 11.9 Å². The molecule has 1 heterocycles. The smallest absolute Gasteiger partial charge is 0.337 e. The summed E-state index contributed by atoms with van der Waals surface area (Å²) in [5.74, 6) is -0.729. The summed E-state index contributed by atoms with van der Waals surface area (Å²) in [6.07, 6.45) is 1.47. The van der Waals surface area contributed by atoms with Crippen molar-refractivity contribution < 1.29 is 18.7 Å². The lowest BCUT2D eigenvalue weighted by molar-refractivity contribution is 0.0600. The maximum absolute atomic E-state index is 12.2. The summed E-state index contributed by atoms with van der Waals surface area (Å²) >= 11 is 6.79. The van der Waals surface area contributed by atoms with E-state index >= 15 is 0 Å². The second kappa shape index (κ2) is 7.84. The Hall–Kier alpha value is -2.45. The first-order valence-corrected chi connectivity index (χ1v) is 8.97. The highest BCUT2D eigenvalue weighted by atomic mass is 79.9. The van der Waals surface area contributed by atoms with Crippen LogP contribution in [0.4, 0.5) is 0 Å². The van der Waals surface area contributed by atoms with Gasteiger partial charge in [0.1, 0.15) is 5.58 Å². The largest absolute Gasteiger partial charge is 0.465 e. The number of rotatable bonds is 4. The molecule has 0 bridgehead atoms. The van der Waals surface area contributed by atoms with Crippen LogP contribution < -0.4 is 5.43 Å². The Morgan fingerprint density at radius 3 is 2.58 bits per heavy atom. The molecule has 1 amide bonds. The molecule has 0 aliphatic heterocycles. The Labute approximate surface area is 165 Å². The SMILES string of the molecule is COC(=O)c1ccc(/C=N\NC(=O)c2cc3cc(Br)cc(Br)c3o2)cc1. The molecule has 0 unspecified atom stereocenters. The van der Waals surface area contributed by atoms with Crippen LogP contribution >= 0.6 is 31.9 Å². The lowest BCUT2D eigenvalue weighted by Crippen LogP contribution is -2.16. The van der Waals surface area contributed by atoms with Crippen LogP contribution in [0.15, 0.2) is 60.9 Å². The fourth-order valence-electron chi connectivity index (χ4n) is 2.23. The van der Waals surface area contributed by atoms with Crippen LogP contribution in [0.1, 0.15) is 26.5 Å². The molecule has 2 aromatic carbocycles. The van der Waals surface area contributed by atoms with Crippen molar-refractivity contribution in [3.63, 3.8) is 0 Å². The van der Waals surface area contributed by atoms with Gasteiger partial charge in [0.15, 0.2) is 5.76 Å². The summed E-state index contributed by atoms with van der Waals surface area (Å²) in [7, 11) is 1.32. The highest BCUT2D eigenvalue weighted by Crippen LogP contribution is 2.30. The monoisotopic (exact) mass is 478 g/mol. The molecule has 1 aromatic heterocycles. The fourth-order valence-corrected chi connectivity index (χ4v) is 3.57. The Morgan fingerprint density at radius 1 is 1.15 bits per heavy atom. The number of halogens is 2. The molecule has 1 N–H and O–H groups in total. The predicted molar refractivity (Wildman–Crippen MR) is 104 cm³/mol. The zero-order valence-corrected chi connectivity index (χ0v) is 16.6. The van der Waals surface area contributed by atoms with E-state index in [1.165, 1.54) is 13.3 Å². The average molecular weight is 480 g/mol. The number of esters is 1. The summed E-state index contributed by atoms with van der Waals surface area (Å²) in [6, 6.07) is 11.9. The van der Waals surface area contributed by atoms with Gasteiger partial charge >= 0.3 is 11.9 Å². The van der Waals surface area contributed by atoms with Gasteiger partial charge in [0, 0.05) is 9.86 Å². The van der Waals surface area contributed by atoms with Gasteiger partial charge in [-0.1, -0.05) is 28.1 Å². The lowest BCUT2D eigenvalue weighted by Gasteiger charge is -1.99. The standard InChI is InChI=1S/C18H12Br2N2O4/c1-25-18(24)11-4-2-10(3-5-11)9-21-22-17(23)15-7-12-6-13(19)8-14(20)16(12)26-15/h2-9H,1H3,(H,22,23)/b21-9-. The summed E-state index contributed by atoms with van der Waals surface area (Å²) in [5.41, 5.74) is 4.15. The van der Waals surface area contributed by atoms with E-state index in [1.807, 2.05) is 12.1 Å². The zero-order chi connectivity index (χ0) is 18.7. The number of nitrogens with zero attached hydrogens (tertiary/aromatic N) is 1. The molecule has 0 fully saturated rings.